The Morgan fingerprint density at radius 3 is 2.39 bits per heavy atom. The van der Waals surface area contributed by atoms with Gasteiger partial charge in [0.25, 0.3) is 0 Å². The van der Waals surface area contributed by atoms with E-state index >= 15 is 0 Å². The smallest absolute Gasteiger partial charge is 0.303 e. The second-order valence-corrected chi connectivity index (χ2v) is 3.64. The molecule has 1 aromatic rings. The van der Waals surface area contributed by atoms with Gasteiger partial charge in [-0.25, -0.2) is 0 Å². The Balaban J connectivity index is 2.92. The maximum Gasteiger partial charge on any atom is 0.303 e. The molecule has 98 valence electrons. The molecule has 1 rings (SSSR count). The summed E-state index contributed by atoms with van der Waals surface area (Å²) in [5, 5.41) is 0. The molecule has 0 amide bonds. The minimum absolute atomic E-state index is 0.0325. The molecular formula is C13H16O5. The SMILES string of the molecule is COc1ccccc1[C@H](COC(C)=O)OC(C)=O. The molecule has 1 aromatic carbocycles. The predicted octanol–water partition coefficient (Wildman–Crippen LogP) is 1.86. The topological polar surface area (TPSA) is 61.8 Å². The zero-order valence-electron chi connectivity index (χ0n) is 10.6. The highest BCUT2D eigenvalue weighted by molar-refractivity contribution is 5.67. The van der Waals surface area contributed by atoms with Gasteiger partial charge < -0.3 is 14.2 Å². The van der Waals surface area contributed by atoms with Crippen LogP contribution in [0, 0.1) is 0 Å². The Morgan fingerprint density at radius 1 is 1.17 bits per heavy atom. The van der Waals surface area contributed by atoms with E-state index in [9.17, 15) is 9.59 Å². The number of ether oxygens (including phenoxy) is 3. The van der Waals surface area contributed by atoms with Gasteiger partial charge in [-0.1, -0.05) is 18.2 Å². The van der Waals surface area contributed by atoms with Gasteiger partial charge in [-0.15, -0.1) is 0 Å². The van der Waals surface area contributed by atoms with E-state index in [4.69, 9.17) is 14.2 Å². The number of benzene rings is 1. The number of hydrogen-bond donors (Lipinski definition) is 0. The van der Waals surface area contributed by atoms with Crippen LogP contribution in [0.2, 0.25) is 0 Å². The van der Waals surface area contributed by atoms with Crippen LogP contribution in [0.25, 0.3) is 0 Å². The lowest BCUT2D eigenvalue weighted by Crippen LogP contribution is -2.17. The lowest BCUT2D eigenvalue weighted by atomic mass is 10.1. The third-order valence-electron chi connectivity index (χ3n) is 2.23. The van der Waals surface area contributed by atoms with Crippen LogP contribution in [0.15, 0.2) is 24.3 Å². The lowest BCUT2D eigenvalue weighted by molar-refractivity contribution is -0.156. The van der Waals surface area contributed by atoms with Crippen molar-refractivity contribution in [2.24, 2.45) is 0 Å². The van der Waals surface area contributed by atoms with Gasteiger partial charge in [-0.2, -0.15) is 0 Å². The van der Waals surface area contributed by atoms with Gasteiger partial charge in [0.15, 0.2) is 6.10 Å². The molecule has 0 heterocycles. The molecule has 18 heavy (non-hydrogen) atoms. The van der Waals surface area contributed by atoms with E-state index in [0.717, 1.165) is 0 Å². The van der Waals surface area contributed by atoms with E-state index < -0.39 is 18.0 Å². The molecule has 0 aliphatic rings. The molecule has 0 aliphatic heterocycles. The standard InChI is InChI=1S/C13H16O5/c1-9(14)17-8-13(18-10(2)15)11-6-4-5-7-12(11)16-3/h4-7,13H,8H2,1-3H3/t13-/m0/s1. The minimum atomic E-state index is -0.664. The number of rotatable bonds is 5. The van der Waals surface area contributed by atoms with Crippen LogP contribution in [-0.4, -0.2) is 25.7 Å². The highest BCUT2D eigenvalue weighted by Crippen LogP contribution is 2.27. The summed E-state index contributed by atoms with van der Waals surface area (Å²) >= 11 is 0. The Labute approximate surface area is 106 Å². The average molecular weight is 252 g/mol. The fraction of sp³-hybridized carbons (Fsp3) is 0.385. The van der Waals surface area contributed by atoms with E-state index in [1.807, 2.05) is 0 Å². The number of carbonyl (C=O) groups excluding carboxylic acids is 2. The van der Waals surface area contributed by atoms with Crippen molar-refractivity contribution in [3.05, 3.63) is 29.8 Å². The van der Waals surface area contributed by atoms with Crippen LogP contribution >= 0.6 is 0 Å². The molecule has 0 fully saturated rings. The van der Waals surface area contributed by atoms with Crippen LogP contribution in [-0.2, 0) is 19.1 Å². The summed E-state index contributed by atoms with van der Waals surface area (Å²) in [5.41, 5.74) is 0.663. The number of para-hydroxylation sites is 1. The van der Waals surface area contributed by atoms with E-state index in [1.54, 1.807) is 24.3 Å². The number of hydrogen-bond acceptors (Lipinski definition) is 5. The average Bonchev–Trinajstić information content (AvgIpc) is 2.33. The number of methoxy groups -OCH3 is 1. The van der Waals surface area contributed by atoms with Gasteiger partial charge in [0, 0.05) is 19.4 Å². The Morgan fingerprint density at radius 2 is 1.83 bits per heavy atom. The first-order valence-electron chi connectivity index (χ1n) is 5.48. The van der Waals surface area contributed by atoms with Gasteiger partial charge in [0.1, 0.15) is 12.4 Å². The van der Waals surface area contributed by atoms with Crippen LogP contribution in [0.5, 0.6) is 5.75 Å². The van der Waals surface area contributed by atoms with Gasteiger partial charge in [-0.3, -0.25) is 9.59 Å². The molecule has 0 N–H and O–H groups in total. The zero-order chi connectivity index (χ0) is 13.5. The first-order chi connectivity index (χ1) is 8.54. The van der Waals surface area contributed by atoms with Gasteiger partial charge >= 0.3 is 11.9 Å². The van der Waals surface area contributed by atoms with Crippen molar-refractivity contribution >= 4 is 11.9 Å². The summed E-state index contributed by atoms with van der Waals surface area (Å²) in [7, 11) is 1.52. The van der Waals surface area contributed by atoms with Gasteiger partial charge in [0.2, 0.25) is 0 Å². The quantitative estimate of drug-likeness (QED) is 0.748. The molecule has 0 unspecified atom stereocenters. The molecule has 0 saturated heterocycles. The van der Waals surface area contributed by atoms with Crippen molar-refractivity contribution in [3.63, 3.8) is 0 Å². The number of esters is 2. The van der Waals surface area contributed by atoms with Crippen LogP contribution in [0.4, 0.5) is 0 Å². The zero-order valence-corrected chi connectivity index (χ0v) is 10.6. The molecule has 0 saturated carbocycles. The normalized spacial score (nSPS) is 11.5. The third kappa shape index (κ3) is 4.08. The predicted molar refractivity (Wildman–Crippen MR) is 64.1 cm³/mol. The number of carbonyl (C=O) groups is 2. The minimum Gasteiger partial charge on any atom is -0.496 e. The van der Waals surface area contributed by atoms with Crippen molar-refractivity contribution < 1.29 is 23.8 Å². The molecule has 5 nitrogen and oxygen atoms in total. The Hall–Kier alpha value is -2.04. The lowest BCUT2D eigenvalue weighted by Gasteiger charge is -2.19. The summed E-state index contributed by atoms with van der Waals surface area (Å²) in [6.07, 6.45) is -0.664. The Bertz CT molecular complexity index is 427. The van der Waals surface area contributed by atoms with Gasteiger partial charge in [0.05, 0.1) is 7.11 Å². The molecule has 0 spiro atoms. The monoisotopic (exact) mass is 252 g/mol. The fourth-order valence-electron chi connectivity index (χ4n) is 1.51. The molecule has 5 heteroatoms. The van der Waals surface area contributed by atoms with Gasteiger partial charge in [-0.05, 0) is 6.07 Å². The maximum absolute atomic E-state index is 11.1. The van der Waals surface area contributed by atoms with E-state index in [-0.39, 0.29) is 6.61 Å². The van der Waals surface area contributed by atoms with Crippen molar-refractivity contribution in [1.29, 1.82) is 0 Å². The molecule has 0 aromatic heterocycles. The van der Waals surface area contributed by atoms with E-state index in [2.05, 4.69) is 0 Å². The maximum atomic E-state index is 11.1. The second-order valence-electron chi connectivity index (χ2n) is 3.64. The summed E-state index contributed by atoms with van der Waals surface area (Å²) in [6.45, 7) is 2.57. The largest absolute Gasteiger partial charge is 0.496 e. The van der Waals surface area contributed by atoms with Crippen molar-refractivity contribution in [2.45, 2.75) is 20.0 Å². The highest BCUT2D eigenvalue weighted by Gasteiger charge is 2.20. The van der Waals surface area contributed by atoms with E-state index in [0.29, 0.717) is 11.3 Å². The molecule has 0 aliphatic carbocycles. The molecule has 0 radical (unpaired) electrons. The van der Waals surface area contributed by atoms with E-state index in [1.165, 1.54) is 21.0 Å². The molecule has 0 bridgehead atoms. The molecular weight excluding hydrogens is 236 g/mol. The van der Waals surface area contributed by atoms with Crippen LogP contribution in [0.3, 0.4) is 0 Å². The molecule has 1 atom stereocenters. The summed E-state index contributed by atoms with van der Waals surface area (Å²) in [4.78, 5) is 21.9. The third-order valence-corrected chi connectivity index (χ3v) is 2.23. The van der Waals surface area contributed by atoms with Crippen molar-refractivity contribution in [3.8, 4) is 5.75 Å². The van der Waals surface area contributed by atoms with Crippen molar-refractivity contribution in [1.82, 2.24) is 0 Å². The van der Waals surface area contributed by atoms with Crippen LogP contribution in [0.1, 0.15) is 25.5 Å². The first kappa shape index (κ1) is 14.0. The summed E-state index contributed by atoms with van der Waals surface area (Å²) in [6, 6.07) is 7.11. The van der Waals surface area contributed by atoms with Crippen LogP contribution < -0.4 is 4.74 Å². The van der Waals surface area contributed by atoms with Crippen molar-refractivity contribution in [2.75, 3.05) is 13.7 Å². The summed E-state index contributed by atoms with van der Waals surface area (Å²) in [5.74, 6) is -0.295. The highest BCUT2D eigenvalue weighted by atomic mass is 16.6. The Kier molecular flexibility index (Phi) is 5.17. The summed E-state index contributed by atoms with van der Waals surface area (Å²) < 4.78 is 15.2. The second kappa shape index (κ2) is 6.64. The first-order valence-corrected chi connectivity index (χ1v) is 5.48. The fourth-order valence-corrected chi connectivity index (χ4v) is 1.51.